The van der Waals surface area contributed by atoms with Crippen molar-refractivity contribution in [3.8, 4) is 34.8 Å². The van der Waals surface area contributed by atoms with Crippen molar-refractivity contribution in [2.45, 2.75) is 12.8 Å². The fourth-order valence-corrected chi connectivity index (χ4v) is 3.30. The van der Waals surface area contributed by atoms with E-state index in [0.717, 1.165) is 18.4 Å². The summed E-state index contributed by atoms with van der Waals surface area (Å²) in [6, 6.07) is 11.3. The first kappa shape index (κ1) is 25.3. The Labute approximate surface area is 195 Å². The molecule has 0 N–H and O–H groups in total. The zero-order chi connectivity index (χ0) is 24.2. The highest BCUT2D eigenvalue weighted by Crippen LogP contribution is 2.43. The number of methoxy groups -OCH3 is 5. The van der Waals surface area contributed by atoms with E-state index in [1.54, 1.807) is 40.6 Å². The van der Waals surface area contributed by atoms with Gasteiger partial charge in [-0.2, -0.15) is 5.26 Å². The van der Waals surface area contributed by atoms with Gasteiger partial charge in [0.15, 0.2) is 23.0 Å². The molecule has 0 bridgehead atoms. The van der Waals surface area contributed by atoms with Gasteiger partial charge in [0.1, 0.15) is 11.8 Å². The van der Waals surface area contributed by atoms with Crippen molar-refractivity contribution in [1.82, 2.24) is 0 Å². The van der Waals surface area contributed by atoms with Gasteiger partial charge in [0, 0.05) is 17.7 Å². The van der Waals surface area contributed by atoms with Crippen LogP contribution in [0, 0.1) is 11.3 Å². The van der Waals surface area contributed by atoms with Crippen LogP contribution in [-0.4, -0.2) is 47.8 Å². The lowest BCUT2D eigenvalue weighted by Gasteiger charge is -2.17. The van der Waals surface area contributed by atoms with E-state index in [-0.39, 0.29) is 5.71 Å². The van der Waals surface area contributed by atoms with Crippen LogP contribution in [-0.2, 0) is 0 Å². The minimum Gasteiger partial charge on any atom is -0.493 e. The zero-order valence-electron chi connectivity index (χ0n) is 19.8. The summed E-state index contributed by atoms with van der Waals surface area (Å²) in [5.41, 5.74) is 2.31. The maximum absolute atomic E-state index is 9.98. The number of aliphatic imine (C=N–C) groups is 1. The molecule has 2 aromatic rings. The van der Waals surface area contributed by atoms with E-state index >= 15 is 0 Å². The minimum atomic E-state index is 0.277. The molecule has 0 amide bonds. The molecule has 0 unspecified atom stereocenters. The van der Waals surface area contributed by atoms with Gasteiger partial charge in [-0.1, -0.05) is 12.1 Å². The Kier molecular flexibility index (Phi) is 9.84. The first-order valence-electron chi connectivity index (χ1n) is 10.4. The fourth-order valence-electron chi connectivity index (χ4n) is 3.30. The summed E-state index contributed by atoms with van der Waals surface area (Å²) in [7, 11) is 7.79. The molecule has 2 rings (SSSR count). The molecule has 2 aromatic carbocycles. The molecule has 0 radical (unpaired) electrons. The van der Waals surface area contributed by atoms with E-state index in [2.05, 4.69) is 17.6 Å². The monoisotopic (exact) mass is 450 g/mol. The van der Waals surface area contributed by atoms with Crippen LogP contribution in [0.4, 0.5) is 0 Å². The average molecular weight is 451 g/mol. The Morgan fingerprint density at radius 1 is 0.909 bits per heavy atom. The lowest BCUT2D eigenvalue weighted by Crippen LogP contribution is -2.05. The van der Waals surface area contributed by atoms with Crippen molar-refractivity contribution < 1.29 is 23.7 Å². The van der Waals surface area contributed by atoms with Crippen LogP contribution >= 0.6 is 0 Å². The van der Waals surface area contributed by atoms with Gasteiger partial charge in [-0.15, -0.1) is 6.58 Å². The Hall–Kier alpha value is -3.92. The molecule has 0 saturated carbocycles. The third kappa shape index (κ3) is 6.07. The second-order valence-electron chi connectivity index (χ2n) is 6.83. The summed E-state index contributed by atoms with van der Waals surface area (Å²) in [6.07, 6.45) is 5.30. The number of hydrogen-bond acceptors (Lipinski definition) is 7. The number of unbranched alkanes of at least 4 members (excludes halogenated alkanes) is 1. The van der Waals surface area contributed by atoms with Crippen LogP contribution in [0.1, 0.15) is 24.0 Å². The highest BCUT2D eigenvalue weighted by atomic mass is 16.5. The average Bonchev–Trinajstić information content (AvgIpc) is 2.86. The fraction of sp³-hybridized carbons (Fsp3) is 0.308. The summed E-state index contributed by atoms with van der Waals surface area (Å²) in [5, 5.41) is 9.98. The van der Waals surface area contributed by atoms with Gasteiger partial charge >= 0.3 is 0 Å². The van der Waals surface area contributed by atoms with Gasteiger partial charge in [0.2, 0.25) is 5.75 Å². The molecule has 7 heteroatoms. The van der Waals surface area contributed by atoms with E-state index in [1.807, 2.05) is 30.4 Å². The quantitative estimate of drug-likeness (QED) is 0.191. The molecule has 0 fully saturated rings. The van der Waals surface area contributed by atoms with Gasteiger partial charge in [-0.25, -0.2) is 0 Å². The lowest BCUT2D eigenvalue weighted by atomic mass is 9.96. The SMILES string of the molecule is C=CCCC/N=C(C#N)\C(=C\c1ccc(OC)c(OC)c1)c1ccc(OC)c(OC)c1OC. The normalized spacial score (nSPS) is 11.4. The van der Waals surface area contributed by atoms with Crippen LogP contribution in [0.3, 0.4) is 0 Å². The lowest BCUT2D eigenvalue weighted by molar-refractivity contribution is 0.324. The molecule has 0 aromatic heterocycles. The molecule has 0 saturated heterocycles. The first-order valence-corrected chi connectivity index (χ1v) is 10.4. The molecular formula is C26H30N2O5. The van der Waals surface area contributed by atoms with Gasteiger partial charge in [-0.05, 0) is 48.7 Å². The van der Waals surface area contributed by atoms with E-state index in [9.17, 15) is 5.26 Å². The van der Waals surface area contributed by atoms with Gasteiger partial charge < -0.3 is 23.7 Å². The van der Waals surface area contributed by atoms with Crippen LogP contribution < -0.4 is 23.7 Å². The van der Waals surface area contributed by atoms with Crippen molar-refractivity contribution in [3.63, 3.8) is 0 Å². The predicted octanol–water partition coefficient (Wildman–Crippen LogP) is 5.20. The second-order valence-corrected chi connectivity index (χ2v) is 6.83. The number of rotatable bonds is 12. The molecule has 0 aliphatic rings. The summed E-state index contributed by atoms with van der Waals surface area (Å²) in [6.45, 7) is 4.23. The predicted molar refractivity (Wildman–Crippen MR) is 131 cm³/mol. The van der Waals surface area contributed by atoms with Gasteiger partial charge in [0.25, 0.3) is 0 Å². The second kappa shape index (κ2) is 12.8. The van der Waals surface area contributed by atoms with Crippen molar-refractivity contribution in [2.75, 3.05) is 42.1 Å². The van der Waals surface area contributed by atoms with E-state index in [0.29, 0.717) is 46.4 Å². The summed E-state index contributed by atoms with van der Waals surface area (Å²) in [5.74, 6) is 2.58. The molecular weight excluding hydrogens is 420 g/mol. The largest absolute Gasteiger partial charge is 0.493 e. The Bertz CT molecular complexity index is 1070. The smallest absolute Gasteiger partial charge is 0.203 e. The molecule has 7 nitrogen and oxygen atoms in total. The molecule has 0 atom stereocenters. The van der Waals surface area contributed by atoms with Gasteiger partial charge in [0.05, 0.1) is 35.5 Å². The molecule has 33 heavy (non-hydrogen) atoms. The number of nitrogens with zero attached hydrogens (tertiary/aromatic N) is 2. The summed E-state index contributed by atoms with van der Waals surface area (Å²) in [4.78, 5) is 4.56. The summed E-state index contributed by atoms with van der Waals surface area (Å²) >= 11 is 0. The van der Waals surface area contributed by atoms with Crippen molar-refractivity contribution in [1.29, 1.82) is 5.26 Å². The van der Waals surface area contributed by atoms with E-state index < -0.39 is 0 Å². The third-order valence-electron chi connectivity index (χ3n) is 4.91. The van der Waals surface area contributed by atoms with Crippen LogP contribution in [0.2, 0.25) is 0 Å². The Balaban J connectivity index is 2.75. The highest BCUT2D eigenvalue weighted by molar-refractivity contribution is 6.35. The standard InChI is InChI=1S/C26H30N2O5/c1-7-8-9-14-28-21(17-27)20(15-18-10-12-22(29-2)24(16-18)31-4)19-11-13-23(30-3)26(33-6)25(19)32-5/h7,10-13,15-16H,1,8-9,14H2,2-6H3/b20-15+,28-21-. The van der Waals surface area contributed by atoms with Crippen LogP contribution in [0.25, 0.3) is 11.6 Å². The van der Waals surface area contributed by atoms with Crippen LogP contribution in [0.5, 0.6) is 28.7 Å². The number of hydrogen-bond donors (Lipinski definition) is 0. The zero-order valence-corrected chi connectivity index (χ0v) is 19.8. The van der Waals surface area contributed by atoms with Gasteiger partial charge in [-0.3, -0.25) is 4.99 Å². The maximum atomic E-state index is 9.98. The minimum absolute atomic E-state index is 0.277. The van der Waals surface area contributed by atoms with Crippen molar-refractivity contribution in [3.05, 3.63) is 54.1 Å². The maximum Gasteiger partial charge on any atom is 0.203 e. The number of nitriles is 1. The molecule has 0 heterocycles. The third-order valence-corrected chi connectivity index (χ3v) is 4.91. The van der Waals surface area contributed by atoms with Crippen molar-refractivity contribution >= 4 is 17.4 Å². The molecule has 0 aliphatic heterocycles. The highest BCUT2D eigenvalue weighted by Gasteiger charge is 2.21. The number of ether oxygens (including phenoxy) is 5. The van der Waals surface area contributed by atoms with E-state index in [4.69, 9.17) is 23.7 Å². The van der Waals surface area contributed by atoms with E-state index in [1.165, 1.54) is 7.11 Å². The summed E-state index contributed by atoms with van der Waals surface area (Å²) < 4.78 is 27.4. The molecule has 0 aliphatic carbocycles. The first-order chi connectivity index (χ1) is 16.1. The Morgan fingerprint density at radius 3 is 2.15 bits per heavy atom. The Morgan fingerprint density at radius 2 is 1.58 bits per heavy atom. The molecule has 0 spiro atoms. The molecule has 174 valence electrons. The number of allylic oxidation sites excluding steroid dienone is 2. The number of benzene rings is 2. The topological polar surface area (TPSA) is 82.3 Å². The van der Waals surface area contributed by atoms with Crippen LogP contribution in [0.15, 0.2) is 48.0 Å². The van der Waals surface area contributed by atoms with Crippen molar-refractivity contribution in [2.24, 2.45) is 4.99 Å².